The van der Waals surface area contributed by atoms with Crippen molar-refractivity contribution in [1.82, 2.24) is 0 Å². The van der Waals surface area contributed by atoms with Gasteiger partial charge in [-0.1, -0.05) is 31.2 Å². The molecule has 3 aliphatic rings. The van der Waals surface area contributed by atoms with E-state index < -0.39 is 11.7 Å². The smallest absolute Gasteiger partial charge is 0.418 e. The fraction of sp³-hybridized carbons (Fsp3) is 0.536. The predicted octanol–water partition coefficient (Wildman–Crippen LogP) is 6.37. The minimum absolute atomic E-state index is 0.106. The molecule has 0 radical (unpaired) electrons. The maximum atomic E-state index is 13.5. The number of carbonyl (C=O) groups is 1. The monoisotopic (exact) mass is 487 g/mol. The third kappa shape index (κ3) is 4.74. The number of benzene rings is 2. The van der Waals surface area contributed by atoms with E-state index >= 15 is 0 Å². The van der Waals surface area contributed by atoms with Crippen molar-refractivity contribution < 1.29 is 27.4 Å². The average molecular weight is 488 g/mol. The van der Waals surface area contributed by atoms with Gasteiger partial charge >= 0.3 is 12.1 Å². The van der Waals surface area contributed by atoms with Crippen molar-refractivity contribution in [3.63, 3.8) is 0 Å². The summed E-state index contributed by atoms with van der Waals surface area (Å²) in [6.07, 6.45) is 0.948. The minimum atomic E-state index is -4.37. The number of esters is 1. The summed E-state index contributed by atoms with van der Waals surface area (Å²) in [5.74, 6) is 1.04. The predicted molar refractivity (Wildman–Crippen MR) is 128 cm³/mol. The third-order valence-electron chi connectivity index (χ3n) is 8.12. The molecule has 188 valence electrons. The van der Waals surface area contributed by atoms with Gasteiger partial charge in [-0.3, -0.25) is 4.79 Å². The van der Waals surface area contributed by atoms with Crippen molar-refractivity contribution in [2.75, 3.05) is 25.1 Å². The molecule has 1 saturated carbocycles. The lowest BCUT2D eigenvalue weighted by Crippen LogP contribution is -2.50. The van der Waals surface area contributed by atoms with Crippen LogP contribution < -0.4 is 9.64 Å². The summed E-state index contributed by atoms with van der Waals surface area (Å²) in [6, 6.07) is 12.2. The lowest BCUT2D eigenvalue weighted by Gasteiger charge is -2.45. The number of piperidine rings is 1. The average Bonchev–Trinajstić information content (AvgIpc) is 3.68. The Hall–Kier alpha value is -2.70. The highest BCUT2D eigenvalue weighted by Crippen LogP contribution is 2.49. The fourth-order valence-corrected chi connectivity index (χ4v) is 5.98. The summed E-state index contributed by atoms with van der Waals surface area (Å²) in [7, 11) is 1.43. The quantitative estimate of drug-likeness (QED) is 0.459. The van der Waals surface area contributed by atoms with E-state index in [0.717, 1.165) is 48.6 Å². The molecule has 0 N–H and O–H groups in total. The van der Waals surface area contributed by atoms with E-state index in [9.17, 15) is 18.0 Å². The van der Waals surface area contributed by atoms with Crippen molar-refractivity contribution in [2.45, 2.75) is 63.1 Å². The molecular weight excluding hydrogens is 455 g/mol. The van der Waals surface area contributed by atoms with E-state index in [1.807, 2.05) is 11.8 Å². The van der Waals surface area contributed by atoms with Crippen LogP contribution >= 0.6 is 0 Å². The Morgan fingerprint density at radius 2 is 1.83 bits per heavy atom. The van der Waals surface area contributed by atoms with Gasteiger partial charge in [0.05, 0.1) is 18.6 Å². The summed E-state index contributed by atoms with van der Waals surface area (Å²) in [4.78, 5) is 14.1. The molecule has 2 aliphatic heterocycles. The number of anilines is 1. The van der Waals surface area contributed by atoms with E-state index in [1.54, 1.807) is 12.1 Å². The number of hydrogen-bond donors (Lipinski definition) is 0. The molecule has 7 heteroatoms. The molecule has 2 atom stereocenters. The zero-order valence-corrected chi connectivity index (χ0v) is 20.2. The molecule has 0 bridgehead atoms. The van der Waals surface area contributed by atoms with Crippen molar-refractivity contribution >= 4 is 11.7 Å². The second-order valence-corrected chi connectivity index (χ2v) is 10.3. The van der Waals surface area contributed by atoms with Crippen molar-refractivity contribution in [1.29, 1.82) is 0 Å². The van der Waals surface area contributed by atoms with Crippen LogP contribution in [-0.4, -0.2) is 31.8 Å². The minimum Gasteiger partial charge on any atom is -0.487 e. The normalized spacial score (nSPS) is 21.1. The van der Waals surface area contributed by atoms with Crippen LogP contribution in [-0.2, 0) is 22.1 Å². The topological polar surface area (TPSA) is 38.8 Å². The lowest BCUT2D eigenvalue weighted by atomic mass is 9.80. The molecule has 5 rings (SSSR count). The Balaban J connectivity index is 1.33. The number of para-hydroxylation sites is 1. The SMILES string of the molecule is COC(=O)[C@H](C)[C@H](c1ccc2c(c1)OC1(CC2)CCN(c2ccccc2C(F)(F)F)CC1)C1CC1. The van der Waals surface area contributed by atoms with Gasteiger partial charge in [-0.15, -0.1) is 0 Å². The highest BCUT2D eigenvalue weighted by Gasteiger charge is 2.43. The summed E-state index contributed by atoms with van der Waals surface area (Å²) in [5, 5.41) is 0. The lowest BCUT2D eigenvalue weighted by molar-refractivity contribution is -0.145. The van der Waals surface area contributed by atoms with Gasteiger partial charge in [-0.25, -0.2) is 0 Å². The Morgan fingerprint density at radius 3 is 2.49 bits per heavy atom. The Bertz CT molecular complexity index is 1090. The van der Waals surface area contributed by atoms with Crippen molar-refractivity contribution in [3.05, 3.63) is 59.2 Å². The number of aryl methyl sites for hydroxylation is 1. The van der Waals surface area contributed by atoms with Gasteiger partial charge in [0.1, 0.15) is 11.4 Å². The number of hydrogen-bond acceptors (Lipinski definition) is 4. The summed E-state index contributed by atoms with van der Waals surface area (Å²) < 4.78 is 52.3. The second kappa shape index (κ2) is 9.07. The van der Waals surface area contributed by atoms with Gasteiger partial charge in [-0.05, 0) is 66.8 Å². The fourth-order valence-electron chi connectivity index (χ4n) is 5.98. The first kappa shape index (κ1) is 24.0. The van der Waals surface area contributed by atoms with E-state index in [2.05, 4.69) is 18.2 Å². The number of alkyl halides is 3. The number of fused-ring (bicyclic) bond motifs is 1. The molecule has 0 aromatic heterocycles. The molecule has 0 amide bonds. The maximum Gasteiger partial charge on any atom is 0.418 e. The van der Waals surface area contributed by atoms with Crippen molar-refractivity contribution in [3.8, 4) is 5.75 Å². The highest BCUT2D eigenvalue weighted by molar-refractivity contribution is 5.73. The summed E-state index contributed by atoms with van der Waals surface area (Å²) in [6.45, 7) is 2.98. The molecule has 0 unspecified atom stereocenters. The van der Waals surface area contributed by atoms with Crippen LogP contribution in [0.1, 0.15) is 61.6 Å². The van der Waals surface area contributed by atoms with Crippen LogP contribution in [0.2, 0.25) is 0 Å². The highest BCUT2D eigenvalue weighted by atomic mass is 19.4. The Morgan fingerprint density at radius 1 is 1.11 bits per heavy atom. The number of rotatable bonds is 5. The second-order valence-electron chi connectivity index (χ2n) is 10.3. The van der Waals surface area contributed by atoms with E-state index in [-0.39, 0.29) is 29.1 Å². The third-order valence-corrected chi connectivity index (χ3v) is 8.12. The molecule has 4 nitrogen and oxygen atoms in total. The van der Waals surface area contributed by atoms with E-state index in [0.29, 0.717) is 31.8 Å². The zero-order chi connectivity index (χ0) is 24.8. The molecule has 2 heterocycles. The van der Waals surface area contributed by atoms with E-state index in [4.69, 9.17) is 9.47 Å². The van der Waals surface area contributed by atoms with Crippen LogP contribution in [0, 0.1) is 11.8 Å². The first-order valence-electron chi connectivity index (χ1n) is 12.5. The molecular formula is C28H32F3NO3. The number of halogens is 3. The number of nitrogens with zero attached hydrogens (tertiary/aromatic N) is 1. The number of ether oxygens (including phenoxy) is 2. The molecule has 2 fully saturated rings. The van der Waals surface area contributed by atoms with Crippen LogP contribution in [0.3, 0.4) is 0 Å². The maximum absolute atomic E-state index is 13.5. The number of methoxy groups -OCH3 is 1. The first-order valence-corrected chi connectivity index (χ1v) is 12.5. The zero-order valence-electron chi connectivity index (χ0n) is 20.2. The molecule has 1 aliphatic carbocycles. The van der Waals surface area contributed by atoms with Gasteiger partial charge < -0.3 is 14.4 Å². The molecule has 2 aromatic rings. The largest absolute Gasteiger partial charge is 0.487 e. The first-order chi connectivity index (χ1) is 16.7. The van der Waals surface area contributed by atoms with Crippen LogP contribution in [0.5, 0.6) is 5.75 Å². The number of carbonyl (C=O) groups excluding carboxylic acids is 1. The van der Waals surface area contributed by atoms with Crippen LogP contribution in [0.25, 0.3) is 0 Å². The van der Waals surface area contributed by atoms with Gasteiger partial charge in [0.15, 0.2) is 0 Å². The van der Waals surface area contributed by atoms with Gasteiger partial charge in [0.25, 0.3) is 0 Å². The standard InChI is InChI=1S/C28H32F3NO3/c1-18(26(33)34-2)25(20-8-9-20)21-10-7-19-11-12-27(35-24(19)17-21)13-15-32(16-14-27)23-6-4-3-5-22(23)28(29,30)31/h3-7,10,17-18,20,25H,8-9,11-16H2,1-2H3/t18-,25+/m1/s1. The molecule has 35 heavy (non-hydrogen) atoms. The summed E-state index contributed by atoms with van der Waals surface area (Å²) >= 11 is 0. The van der Waals surface area contributed by atoms with Crippen molar-refractivity contribution in [2.24, 2.45) is 11.8 Å². The van der Waals surface area contributed by atoms with E-state index in [1.165, 1.54) is 13.2 Å². The molecule has 1 spiro atoms. The Kier molecular flexibility index (Phi) is 6.22. The summed E-state index contributed by atoms with van der Waals surface area (Å²) in [5.41, 5.74) is 1.57. The van der Waals surface area contributed by atoms with Crippen LogP contribution in [0.4, 0.5) is 18.9 Å². The van der Waals surface area contributed by atoms with Gasteiger partial charge in [0, 0.05) is 31.6 Å². The van der Waals surface area contributed by atoms with Crippen LogP contribution in [0.15, 0.2) is 42.5 Å². The van der Waals surface area contributed by atoms with Gasteiger partial charge in [-0.2, -0.15) is 13.2 Å². The molecule has 1 saturated heterocycles. The van der Waals surface area contributed by atoms with Gasteiger partial charge in [0.2, 0.25) is 0 Å². The molecule has 2 aromatic carbocycles. The Labute approximate surface area is 204 Å².